The summed E-state index contributed by atoms with van der Waals surface area (Å²) in [4.78, 5) is 41.5. The van der Waals surface area contributed by atoms with E-state index < -0.39 is 5.60 Å². The molecule has 62 heavy (non-hydrogen) atoms. The highest BCUT2D eigenvalue weighted by Gasteiger charge is 2.61. The van der Waals surface area contributed by atoms with Crippen molar-refractivity contribution in [2.45, 2.75) is 264 Å². The first-order valence-electron chi connectivity index (χ1n) is 26.9. The van der Waals surface area contributed by atoms with Crippen LogP contribution >= 0.6 is 0 Å². The highest BCUT2D eigenvalue weighted by molar-refractivity contribution is 5.91. The molecule has 5 heteroatoms. The molecule has 0 radical (unpaired) electrons. The van der Waals surface area contributed by atoms with Crippen LogP contribution in [-0.4, -0.2) is 23.8 Å². The molecule has 0 aromatic heterocycles. The molecule has 0 saturated heterocycles. The number of hydrogen-bond donors (Lipinski definition) is 0. The van der Waals surface area contributed by atoms with Gasteiger partial charge in [-0.25, -0.2) is 4.79 Å². The maximum Gasteiger partial charge on any atom is 0.355 e. The minimum absolute atomic E-state index is 0.101. The van der Waals surface area contributed by atoms with Gasteiger partial charge in [0, 0.05) is 30.2 Å². The number of hydrogen-bond acceptors (Lipinski definition) is 5. The lowest BCUT2D eigenvalue weighted by molar-refractivity contribution is -0.196. The van der Waals surface area contributed by atoms with Crippen molar-refractivity contribution >= 4 is 17.7 Å². The fourth-order valence-electron chi connectivity index (χ4n) is 12.9. The van der Waals surface area contributed by atoms with Gasteiger partial charge in [-0.3, -0.25) is 9.59 Å². The number of fused-ring (bicyclic) bond motifs is 5. The molecule has 0 bridgehead atoms. The third kappa shape index (κ3) is 14.0. The van der Waals surface area contributed by atoms with Gasteiger partial charge in [-0.1, -0.05) is 211 Å². The zero-order valence-corrected chi connectivity index (χ0v) is 40.6. The minimum Gasteiger partial charge on any atom is -0.459 e. The summed E-state index contributed by atoms with van der Waals surface area (Å²) < 4.78 is 13.4. The number of ether oxygens (including phenoxy) is 2. The molecule has 350 valence electrons. The number of carbonyl (C=O) groups is 3. The van der Waals surface area contributed by atoms with Crippen LogP contribution in [0.5, 0.6) is 0 Å². The fraction of sp³-hybridized carbons (Fsp3) is 0.807. The topological polar surface area (TPSA) is 69.7 Å². The fourth-order valence-corrected chi connectivity index (χ4v) is 12.9. The van der Waals surface area contributed by atoms with E-state index in [4.69, 9.17) is 9.47 Å². The monoisotopic (exact) mass is 857 g/mol. The van der Waals surface area contributed by atoms with Crippen LogP contribution in [0.4, 0.5) is 0 Å². The quantitative estimate of drug-likeness (QED) is 0.0549. The van der Waals surface area contributed by atoms with Crippen LogP contribution in [0.25, 0.3) is 0 Å². The summed E-state index contributed by atoms with van der Waals surface area (Å²) in [5.41, 5.74) is 0.722. The van der Waals surface area contributed by atoms with Crippen LogP contribution in [-0.2, 0) is 29.5 Å². The molecular weight excluding hydrogens is 765 g/mol. The van der Waals surface area contributed by atoms with Crippen molar-refractivity contribution in [3.63, 3.8) is 0 Å². The SMILES string of the molecule is CCCCCCCCCCCCCCCCC(OC(=O)CCCCCCCCCCCCC)(C(=O)O[C@H]1CC[C@H]2[C@@H]3CCC4=CC(=O)CC[C@]4(C)[C@H]3CC[C@]12C)c1ccccc1. The van der Waals surface area contributed by atoms with Gasteiger partial charge in [0.2, 0.25) is 5.60 Å². The first-order chi connectivity index (χ1) is 30.2. The molecular formula is C57H92O5. The second-order valence-corrected chi connectivity index (χ2v) is 21.3. The molecule has 3 fully saturated rings. The Balaban J connectivity index is 1.20. The van der Waals surface area contributed by atoms with Crippen molar-refractivity contribution in [3.8, 4) is 0 Å². The third-order valence-corrected chi connectivity index (χ3v) is 16.8. The van der Waals surface area contributed by atoms with Gasteiger partial charge in [0.15, 0.2) is 5.78 Å². The summed E-state index contributed by atoms with van der Waals surface area (Å²) in [6.07, 6.45) is 41.7. The van der Waals surface area contributed by atoms with Crippen LogP contribution in [0.1, 0.15) is 258 Å². The second-order valence-electron chi connectivity index (χ2n) is 21.3. The summed E-state index contributed by atoms with van der Waals surface area (Å²) in [7, 11) is 0. The van der Waals surface area contributed by atoms with Crippen molar-refractivity contribution in [3.05, 3.63) is 47.5 Å². The predicted octanol–water partition coefficient (Wildman–Crippen LogP) is 16.4. The summed E-state index contributed by atoms with van der Waals surface area (Å²) >= 11 is 0. The van der Waals surface area contributed by atoms with Crippen LogP contribution in [0.2, 0.25) is 0 Å². The van der Waals surface area contributed by atoms with Gasteiger partial charge in [-0.05, 0) is 87.0 Å². The molecule has 4 aliphatic rings. The highest BCUT2D eigenvalue weighted by atomic mass is 16.6. The predicted molar refractivity (Wildman–Crippen MR) is 257 cm³/mol. The Hall–Kier alpha value is -2.43. The van der Waals surface area contributed by atoms with Crippen molar-refractivity contribution in [2.75, 3.05) is 0 Å². The molecule has 4 aliphatic carbocycles. The molecule has 5 rings (SSSR count). The average Bonchev–Trinajstić information content (AvgIpc) is 3.61. The Morgan fingerprint density at radius 1 is 0.613 bits per heavy atom. The number of ketones is 1. The maximum atomic E-state index is 15.1. The lowest BCUT2D eigenvalue weighted by Gasteiger charge is -2.57. The van der Waals surface area contributed by atoms with Gasteiger partial charge in [0.05, 0.1) is 0 Å². The molecule has 7 atom stereocenters. The lowest BCUT2D eigenvalue weighted by Crippen LogP contribution is -2.52. The summed E-state index contributed by atoms with van der Waals surface area (Å²) in [5, 5.41) is 0. The van der Waals surface area contributed by atoms with Gasteiger partial charge >= 0.3 is 11.9 Å². The van der Waals surface area contributed by atoms with Gasteiger partial charge in [0.25, 0.3) is 0 Å². The molecule has 0 amide bonds. The van der Waals surface area contributed by atoms with E-state index in [0.717, 1.165) is 89.0 Å². The molecule has 3 saturated carbocycles. The third-order valence-electron chi connectivity index (χ3n) is 16.8. The van der Waals surface area contributed by atoms with E-state index in [1.54, 1.807) is 0 Å². The van der Waals surface area contributed by atoms with Crippen LogP contribution < -0.4 is 0 Å². The molecule has 0 heterocycles. The van der Waals surface area contributed by atoms with Crippen molar-refractivity contribution < 1.29 is 23.9 Å². The van der Waals surface area contributed by atoms with Crippen molar-refractivity contribution in [1.29, 1.82) is 0 Å². The van der Waals surface area contributed by atoms with E-state index in [1.807, 2.05) is 36.4 Å². The van der Waals surface area contributed by atoms with Gasteiger partial charge in [-0.15, -0.1) is 0 Å². The van der Waals surface area contributed by atoms with Gasteiger partial charge < -0.3 is 9.47 Å². The molecule has 5 nitrogen and oxygen atoms in total. The number of carbonyl (C=O) groups excluding carboxylic acids is 3. The van der Waals surface area contributed by atoms with Crippen LogP contribution in [0.3, 0.4) is 0 Å². The van der Waals surface area contributed by atoms with Crippen LogP contribution in [0.15, 0.2) is 42.0 Å². The maximum absolute atomic E-state index is 15.1. The zero-order valence-electron chi connectivity index (χ0n) is 40.6. The van der Waals surface area contributed by atoms with E-state index >= 15 is 4.79 Å². The Bertz CT molecular complexity index is 1500. The first-order valence-corrected chi connectivity index (χ1v) is 26.9. The average molecular weight is 857 g/mol. The Morgan fingerprint density at radius 2 is 1.15 bits per heavy atom. The lowest BCUT2D eigenvalue weighted by atomic mass is 9.47. The smallest absolute Gasteiger partial charge is 0.355 e. The molecule has 0 aliphatic heterocycles. The Kier molecular flexibility index (Phi) is 21.6. The molecule has 1 aromatic rings. The zero-order chi connectivity index (χ0) is 44.1. The number of unbranched alkanes of at least 4 members (excludes halogenated alkanes) is 23. The normalized spacial score (nSPS) is 26.5. The first kappa shape index (κ1) is 50.6. The number of allylic oxidation sites excluding steroid dienone is 1. The Morgan fingerprint density at radius 3 is 1.71 bits per heavy atom. The number of rotatable bonds is 31. The van der Waals surface area contributed by atoms with E-state index in [0.29, 0.717) is 42.8 Å². The Labute approximate surface area is 380 Å². The minimum atomic E-state index is -1.44. The van der Waals surface area contributed by atoms with Crippen molar-refractivity contribution in [1.82, 2.24) is 0 Å². The molecule has 1 aromatic carbocycles. The van der Waals surface area contributed by atoms with E-state index in [2.05, 4.69) is 27.7 Å². The summed E-state index contributed by atoms with van der Waals surface area (Å²) in [6, 6.07) is 9.88. The summed E-state index contributed by atoms with van der Waals surface area (Å²) in [6.45, 7) is 9.39. The standard InChI is InChI=1S/C57H92O5/c1-5-7-9-11-13-15-17-18-19-21-23-25-27-32-42-57(46-33-29-28-30-34-46,62-53(59)35-31-26-24-22-20-16-14-12-10-8-6-2)54(60)61-52-39-38-50-49-37-36-47-45-48(58)40-43-55(47,3)51(49)41-44-56(50,52)4/h28-30,33-34,45,49-52H,5-27,31-32,35-44H2,1-4H3/t49-,50-,51-,52-,55-,56-,57?/m0/s1. The van der Waals surface area contributed by atoms with Crippen molar-refractivity contribution in [2.24, 2.45) is 28.6 Å². The van der Waals surface area contributed by atoms with E-state index in [-0.39, 0.29) is 28.9 Å². The molecule has 1 unspecified atom stereocenters. The molecule has 0 spiro atoms. The number of esters is 2. The number of benzene rings is 1. The highest BCUT2D eigenvalue weighted by Crippen LogP contribution is 2.65. The second kappa shape index (κ2) is 26.5. The van der Waals surface area contributed by atoms with Crippen LogP contribution in [0, 0.1) is 28.6 Å². The van der Waals surface area contributed by atoms with E-state index in [9.17, 15) is 9.59 Å². The van der Waals surface area contributed by atoms with Gasteiger partial charge in [-0.2, -0.15) is 0 Å². The largest absolute Gasteiger partial charge is 0.459 e. The van der Waals surface area contributed by atoms with Gasteiger partial charge in [0.1, 0.15) is 6.10 Å². The van der Waals surface area contributed by atoms with E-state index in [1.165, 1.54) is 128 Å². The summed E-state index contributed by atoms with van der Waals surface area (Å²) in [5.74, 6) is 1.35. The molecule has 0 N–H and O–H groups in total.